The minimum absolute atomic E-state index is 0.133. The van der Waals surface area contributed by atoms with Crippen molar-refractivity contribution in [2.24, 2.45) is 0 Å². The fourth-order valence-electron chi connectivity index (χ4n) is 3.02. The summed E-state index contributed by atoms with van der Waals surface area (Å²) in [6.07, 6.45) is 3.82. The summed E-state index contributed by atoms with van der Waals surface area (Å²) in [5.41, 5.74) is 3.63. The van der Waals surface area contributed by atoms with Gasteiger partial charge >= 0.3 is 0 Å². The summed E-state index contributed by atoms with van der Waals surface area (Å²) in [5.74, 6) is 1.18. The monoisotopic (exact) mass is 365 g/mol. The van der Waals surface area contributed by atoms with Crippen LogP contribution in [0.4, 0.5) is 5.69 Å². The van der Waals surface area contributed by atoms with Gasteiger partial charge in [0, 0.05) is 12.2 Å². The third-order valence-corrected chi connectivity index (χ3v) is 4.48. The first-order valence-corrected chi connectivity index (χ1v) is 8.74. The summed E-state index contributed by atoms with van der Waals surface area (Å²) in [4.78, 5) is 16.8. The van der Waals surface area contributed by atoms with Crippen molar-refractivity contribution in [2.75, 3.05) is 6.61 Å². The van der Waals surface area contributed by atoms with E-state index < -0.39 is 0 Å². The van der Waals surface area contributed by atoms with Crippen molar-refractivity contribution in [3.05, 3.63) is 53.4 Å². The molecule has 0 spiro atoms. The predicted molar refractivity (Wildman–Crippen MR) is 101 cm³/mol. The van der Waals surface area contributed by atoms with Crippen LogP contribution in [0, 0.1) is 6.57 Å². The Morgan fingerprint density at radius 3 is 2.92 bits per heavy atom. The summed E-state index contributed by atoms with van der Waals surface area (Å²) in [6, 6.07) is 5.89. The molecule has 1 aliphatic carbocycles. The molecule has 26 heavy (non-hydrogen) atoms. The Morgan fingerprint density at radius 1 is 1.42 bits per heavy atom. The highest BCUT2D eigenvalue weighted by molar-refractivity contribution is 6.28. The zero-order valence-corrected chi connectivity index (χ0v) is 15.0. The molecule has 3 aromatic rings. The van der Waals surface area contributed by atoms with E-state index in [1.807, 2.05) is 19.1 Å². The molecule has 4 rings (SSSR count). The van der Waals surface area contributed by atoms with Crippen LogP contribution in [0.3, 0.4) is 0 Å². The van der Waals surface area contributed by atoms with Crippen molar-refractivity contribution in [3.8, 4) is 11.4 Å². The molecular formula is C19H16ClN5O. The summed E-state index contributed by atoms with van der Waals surface area (Å²) in [5, 5.41) is 0.133. The van der Waals surface area contributed by atoms with Crippen LogP contribution in [0.15, 0.2) is 31.0 Å². The second-order valence-corrected chi connectivity index (χ2v) is 6.42. The van der Waals surface area contributed by atoms with E-state index >= 15 is 0 Å². The number of aromatic nitrogens is 4. The van der Waals surface area contributed by atoms with Crippen molar-refractivity contribution >= 4 is 34.1 Å². The standard InChI is InChI=1S/C19H16ClN5O/c1-4-26-11(2)17-14(10-22-19(20)24-17)18-23-15-8-5-12(21-3)9-16(15)25(18)13-6-7-13/h5,8-10,13H,2,4,6-7H2,1H3. The maximum atomic E-state index is 7.28. The topological polar surface area (TPSA) is 57.2 Å². The van der Waals surface area contributed by atoms with Gasteiger partial charge in [-0.05, 0) is 43.5 Å². The van der Waals surface area contributed by atoms with Crippen LogP contribution in [0.2, 0.25) is 5.28 Å². The summed E-state index contributed by atoms with van der Waals surface area (Å²) in [6.45, 7) is 13.6. The highest BCUT2D eigenvalue weighted by atomic mass is 35.5. The van der Waals surface area contributed by atoms with Crippen molar-refractivity contribution < 1.29 is 4.74 Å². The average Bonchev–Trinajstić information content (AvgIpc) is 3.41. The van der Waals surface area contributed by atoms with Crippen LogP contribution in [0.5, 0.6) is 0 Å². The van der Waals surface area contributed by atoms with Gasteiger partial charge in [0.2, 0.25) is 5.28 Å². The van der Waals surface area contributed by atoms with Crippen LogP contribution in [-0.2, 0) is 4.74 Å². The molecule has 0 saturated heterocycles. The second kappa shape index (κ2) is 6.43. The lowest BCUT2D eigenvalue weighted by atomic mass is 10.2. The van der Waals surface area contributed by atoms with Gasteiger partial charge < -0.3 is 9.30 Å². The molecule has 0 radical (unpaired) electrons. The number of ether oxygens (including phenoxy) is 1. The van der Waals surface area contributed by atoms with E-state index in [0.29, 0.717) is 29.8 Å². The van der Waals surface area contributed by atoms with Crippen molar-refractivity contribution in [1.29, 1.82) is 0 Å². The van der Waals surface area contributed by atoms with E-state index in [2.05, 4.69) is 26.0 Å². The molecule has 2 aromatic heterocycles. The Balaban J connectivity index is 1.96. The molecule has 0 aliphatic heterocycles. The first-order valence-electron chi connectivity index (χ1n) is 8.36. The number of imidazole rings is 1. The van der Waals surface area contributed by atoms with Gasteiger partial charge in [-0.3, -0.25) is 0 Å². The third kappa shape index (κ3) is 2.80. The van der Waals surface area contributed by atoms with Gasteiger partial charge in [0.05, 0.1) is 29.8 Å². The second-order valence-electron chi connectivity index (χ2n) is 6.08. The van der Waals surface area contributed by atoms with E-state index in [0.717, 1.165) is 35.3 Å². The lowest BCUT2D eigenvalue weighted by Crippen LogP contribution is -2.04. The molecule has 0 N–H and O–H groups in total. The first kappa shape index (κ1) is 16.6. The van der Waals surface area contributed by atoms with E-state index in [4.69, 9.17) is 27.9 Å². The molecule has 1 aromatic carbocycles. The fraction of sp³-hybridized carbons (Fsp3) is 0.263. The van der Waals surface area contributed by atoms with Crippen LogP contribution >= 0.6 is 11.6 Å². The molecule has 0 amide bonds. The van der Waals surface area contributed by atoms with Crippen molar-refractivity contribution in [1.82, 2.24) is 19.5 Å². The van der Waals surface area contributed by atoms with Gasteiger partial charge in [-0.2, -0.15) is 0 Å². The van der Waals surface area contributed by atoms with Gasteiger partial charge in [0.1, 0.15) is 17.3 Å². The molecule has 2 heterocycles. The Labute approximate surface area is 155 Å². The molecule has 1 aliphatic rings. The third-order valence-electron chi connectivity index (χ3n) is 4.30. The molecule has 0 atom stereocenters. The normalized spacial score (nSPS) is 13.6. The molecule has 130 valence electrons. The molecule has 1 saturated carbocycles. The molecule has 1 fully saturated rings. The number of nitrogens with zero attached hydrogens (tertiary/aromatic N) is 5. The smallest absolute Gasteiger partial charge is 0.223 e. The molecule has 7 heteroatoms. The molecular weight excluding hydrogens is 350 g/mol. The zero-order valence-electron chi connectivity index (χ0n) is 14.2. The van der Waals surface area contributed by atoms with Crippen LogP contribution in [-0.4, -0.2) is 26.1 Å². The Bertz CT molecular complexity index is 1060. The van der Waals surface area contributed by atoms with E-state index in [-0.39, 0.29) is 5.28 Å². The highest BCUT2D eigenvalue weighted by Gasteiger charge is 2.30. The number of hydrogen-bond donors (Lipinski definition) is 0. The maximum Gasteiger partial charge on any atom is 0.223 e. The number of rotatable bonds is 5. The van der Waals surface area contributed by atoms with Crippen LogP contribution in [0.1, 0.15) is 31.5 Å². The van der Waals surface area contributed by atoms with Crippen molar-refractivity contribution in [2.45, 2.75) is 25.8 Å². The zero-order chi connectivity index (χ0) is 18.3. The van der Waals surface area contributed by atoms with Gasteiger partial charge in [-0.1, -0.05) is 12.6 Å². The van der Waals surface area contributed by atoms with E-state index in [1.54, 1.807) is 12.3 Å². The molecule has 0 bridgehead atoms. The number of hydrogen-bond acceptors (Lipinski definition) is 4. The number of halogens is 1. The molecule has 0 unspecified atom stereocenters. The van der Waals surface area contributed by atoms with E-state index in [9.17, 15) is 0 Å². The minimum atomic E-state index is 0.133. The number of benzene rings is 1. The highest BCUT2D eigenvalue weighted by Crippen LogP contribution is 2.42. The van der Waals surface area contributed by atoms with Gasteiger partial charge in [-0.25, -0.2) is 19.8 Å². The quantitative estimate of drug-likeness (QED) is 0.361. The van der Waals surface area contributed by atoms with Crippen LogP contribution < -0.4 is 0 Å². The Morgan fingerprint density at radius 2 is 2.23 bits per heavy atom. The predicted octanol–water partition coefficient (Wildman–Crippen LogP) is 5.04. The number of fused-ring (bicyclic) bond motifs is 1. The summed E-state index contributed by atoms with van der Waals surface area (Å²) in [7, 11) is 0. The average molecular weight is 366 g/mol. The lowest BCUT2D eigenvalue weighted by molar-refractivity contribution is 0.298. The molecule has 6 nitrogen and oxygen atoms in total. The Kier molecular flexibility index (Phi) is 4.09. The van der Waals surface area contributed by atoms with Gasteiger partial charge in [0.25, 0.3) is 0 Å². The Hall–Kier alpha value is -2.91. The SMILES string of the molecule is [C-]#[N+]c1ccc2nc(-c3cnc(Cl)nc3C(=C)OCC)n(C3CC3)c2c1. The van der Waals surface area contributed by atoms with Crippen LogP contribution in [0.25, 0.3) is 33.0 Å². The van der Waals surface area contributed by atoms with E-state index in [1.165, 1.54) is 0 Å². The lowest BCUT2D eigenvalue weighted by Gasteiger charge is -2.13. The minimum Gasteiger partial charge on any atom is -0.492 e. The summed E-state index contributed by atoms with van der Waals surface area (Å²) < 4.78 is 7.72. The maximum absolute atomic E-state index is 7.28. The van der Waals surface area contributed by atoms with Crippen molar-refractivity contribution in [3.63, 3.8) is 0 Å². The summed E-state index contributed by atoms with van der Waals surface area (Å²) >= 11 is 6.00. The largest absolute Gasteiger partial charge is 0.492 e. The fourth-order valence-corrected chi connectivity index (χ4v) is 3.16. The van der Waals surface area contributed by atoms with Gasteiger partial charge in [-0.15, -0.1) is 0 Å². The van der Waals surface area contributed by atoms with Gasteiger partial charge in [0.15, 0.2) is 5.69 Å². The first-order chi connectivity index (χ1) is 12.6.